The summed E-state index contributed by atoms with van der Waals surface area (Å²) in [4.78, 5) is 14.2. The molecule has 0 saturated heterocycles. The second kappa shape index (κ2) is 4.16. The second-order valence-corrected chi connectivity index (χ2v) is 2.13. The van der Waals surface area contributed by atoms with Crippen molar-refractivity contribution in [2.45, 2.75) is 0 Å². The van der Waals surface area contributed by atoms with E-state index < -0.39 is 5.91 Å². The van der Waals surface area contributed by atoms with Crippen LogP contribution in [0.1, 0.15) is 10.4 Å². The number of amides is 1. The van der Waals surface area contributed by atoms with Crippen molar-refractivity contribution in [1.29, 1.82) is 0 Å². The van der Waals surface area contributed by atoms with Crippen LogP contribution < -0.4 is 5.73 Å². The minimum absolute atomic E-state index is 0. The molecule has 1 heterocycles. The van der Waals surface area contributed by atoms with Crippen molar-refractivity contribution in [3.05, 3.63) is 29.0 Å². The zero-order valence-electron chi connectivity index (χ0n) is 5.45. The van der Waals surface area contributed by atoms with Gasteiger partial charge in [0.1, 0.15) is 0 Å². The van der Waals surface area contributed by atoms with E-state index in [1.54, 1.807) is 0 Å². The summed E-state index contributed by atoms with van der Waals surface area (Å²) in [5.41, 5.74) is 5.27. The van der Waals surface area contributed by atoms with Gasteiger partial charge in [0.15, 0.2) is 0 Å². The molecule has 0 aliphatic carbocycles. The van der Waals surface area contributed by atoms with Gasteiger partial charge < -0.3 is 5.73 Å². The summed E-state index contributed by atoms with van der Waals surface area (Å²) in [6.45, 7) is 0. The Labute approximate surface area is 75.0 Å². The van der Waals surface area contributed by atoms with E-state index in [9.17, 15) is 4.79 Å². The molecule has 1 aromatic rings. The number of primary amides is 1. The van der Waals surface area contributed by atoms with Gasteiger partial charge in [-0.05, 0) is 6.07 Å². The van der Waals surface area contributed by atoms with Gasteiger partial charge in [0.25, 0.3) is 0 Å². The van der Waals surface area contributed by atoms with Crippen LogP contribution in [0.3, 0.4) is 0 Å². The molecular formula is C6H6Cl2N2O. The highest BCUT2D eigenvalue weighted by Gasteiger charge is 2.03. The lowest BCUT2D eigenvalue weighted by molar-refractivity contribution is 0.100. The van der Waals surface area contributed by atoms with E-state index >= 15 is 0 Å². The Morgan fingerprint density at radius 1 is 1.64 bits per heavy atom. The van der Waals surface area contributed by atoms with Crippen LogP contribution in [-0.2, 0) is 0 Å². The van der Waals surface area contributed by atoms with Crippen LogP contribution in [0.5, 0.6) is 0 Å². The molecule has 0 radical (unpaired) electrons. The molecule has 2 N–H and O–H groups in total. The predicted octanol–water partition coefficient (Wildman–Crippen LogP) is 1.26. The average molecular weight is 193 g/mol. The number of carbonyl (C=O) groups excluding carboxylic acids is 1. The fourth-order valence-corrected chi connectivity index (χ4v) is 0.787. The quantitative estimate of drug-likeness (QED) is 0.729. The van der Waals surface area contributed by atoms with Gasteiger partial charge in [-0.2, -0.15) is 0 Å². The normalized spacial score (nSPS) is 8.45. The van der Waals surface area contributed by atoms with Crippen molar-refractivity contribution in [3.8, 4) is 0 Å². The first kappa shape index (κ1) is 10.2. The summed E-state index contributed by atoms with van der Waals surface area (Å²) in [6, 6.07) is 1.48. The molecule has 60 valence electrons. The van der Waals surface area contributed by atoms with Gasteiger partial charge in [0, 0.05) is 12.4 Å². The lowest BCUT2D eigenvalue weighted by Gasteiger charge is -1.94. The summed E-state index contributed by atoms with van der Waals surface area (Å²) in [6.07, 6.45) is 2.84. The minimum atomic E-state index is -0.535. The van der Waals surface area contributed by atoms with Crippen molar-refractivity contribution in [2.24, 2.45) is 5.73 Å². The van der Waals surface area contributed by atoms with Crippen molar-refractivity contribution >= 4 is 29.9 Å². The number of pyridine rings is 1. The zero-order chi connectivity index (χ0) is 7.56. The molecule has 1 aromatic heterocycles. The molecule has 0 aromatic carbocycles. The molecule has 0 spiro atoms. The largest absolute Gasteiger partial charge is 0.366 e. The maximum Gasteiger partial charge on any atom is 0.250 e. The lowest BCUT2D eigenvalue weighted by Crippen LogP contribution is -2.11. The summed E-state index contributed by atoms with van der Waals surface area (Å²) < 4.78 is 0. The Morgan fingerprint density at radius 3 is 2.64 bits per heavy atom. The standard InChI is InChI=1S/C6H5ClN2O.ClH/c7-5-3-9-2-1-4(5)6(8)10;/h1-3H,(H2,8,10);1H. The van der Waals surface area contributed by atoms with E-state index in [2.05, 4.69) is 4.98 Å². The smallest absolute Gasteiger partial charge is 0.250 e. The van der Waals surface area contributed by atoms with Gasteiger partial charge in [-0.1, -0.05) is 11.6 Å². The number of rotatable bonds is 1. The Balaban J connectivity index is 0.000001000. The molecule has 0 aliphatic rings. The van der Waals surface area contributed by atoms with E-state index in [4.69, 9.17) is 17.3 Å². The number of hydrogen-bond acceptors (Lipinski definition) is 2. The zero-order valence-corrected chi connectivity index (χ0v) is 7.02. The summed E-state index contributed by atoms with van der Waals surface area (Å²) in [5.74, 6) is -0.535. The topological polar surface area (TPSA) is 56.0 Å². The van der Waals surface area contributed by atoms with Crippen LogP contribution in [0.15, 0.2) is 18.5 Å². The molecule has 0 aliphatic heterocycles. The van der Waals surface area contributed by atoms with Crippen molar-refractivity contribution in [2.75, 3.05) is 0 Å². The van der Waals surface area contributed by atoms with Crippen LogP contribution in [0, 0.1) is 0 Å². The van der Waals surface area contributed by atoms with Crippen LogP contribution in [0.4, 0.5) is 0 Å². The fraction of sp³-hybridized carbons (Fsp3) is 0. The van der Waals surface area contributed by atoms with Gasteiger partial charge in [0.2, 0.25) is 5.91 Å². The molecule has 5 heteroatoms. The Morgan fingerprint density at radius 2 is 2.27 bits per heavy atom. The third-order valence-electron chi connectivity index (χ3n) is 1.04. The number of nitrogens with two attached hydrogens (primary N) is 1. The minimum Gasteiger partial charge on any atom is -0.366 e. The average Bonchev–Trinajstić information content (AvgIpc) is 1.88. The van der Waals surface area contributed by atoms with Crippen LogP contribution in [0.2, 0.25) is 5.02 Å². The molecular weight excluding hydrogens is 187 g/mol. The third kappa shape index (κ3) is 2.37. The molecule has 0 unspecified atom stereocenters. The maximum absolute atomic E-state index is 10.5. The molecule has 0 atom stereocenters. The lowest BCUT2D eigenvalue weighted by atomic mass is 10.3. The number of nitrogens with zero attached hydrogens (tertiary/aromatic N) is 1. The van der Waals surface area contributed by atoms with Crippen molar-refractivity contribution < 1.29 is 4.79 Å². The fourth-order valence-electron chi connectivity index (χ4n) is 0.575. The van der Waals surface area contributed by atoms with E-state index in [-0.39, 0.29) is 17.4 Å². The molecule has 11 heavy (non-hydrogen) atoms. The van der Waals surface area contributed by atoms with E-state index in [1.165, 1.54) is 18.5 Å². The molecule has 1 rings (SSSR count). The SMILES string of the molecule is Cl.NC(=O)c1ccncc1Cl. The first-order valence-corrected chi connectivity index (χ1v) is 2.99. The van der Waals surface area contributed by atoms with Gasteiger partial charge >= 0.3 is 0 Å². The third-order valence-corrected chi connectivity index (χ3v) is 1.34. The maximum atomic E-state index is 10.5. The Bertz CT molecular complexity index is 265. The van der Waals surface area contributed by atoms with E-state index in [0.29, 0.717) is 5.56 Å². The number of halogens is 2. The number of carbonyl (C=O) groups is 1. The first-order valence-electron chi connectivity index (χ1n) is 2.61. The molecule has 0 fully saturated rings. The van der Waals surface area contributed by atoms with Gasteiger partial charge in [-0.3, -0.25) is 9.78 Å². The van der Waals surface area contributed by atoms with Gasteiger partial charge in [-0.15, -0.1) is 12.4 Å². The van der Waals surface area contributed by atoms with Crippen molar-refractivity contribution in [1.82, 2.24) is 4.98 Å². The van der Waals surface area contributed by atoms with E-state index in [1.807, 2.05) is 0 Å². The highest BCUT2D eigenvalue weighted by Crippen LogP contribution is 2.11. The highest BCUT2D eigenvalue weighted by atomic mass is 35.5. The van der Waals surface area contributed by atoms with Crippen LogP contribution >= 0.6 is 24.0 Å². The van der Waals surface area contributed by atoms with E-state index in [0.717, 1.165) is 0 Å². The monoisotopic (exact) mass is 192 g/mol. The Hall–Kier alpha value is -0.800. The number of aromatic nitrogens is 1. The second-order valence-electron chi connectivity index (χ2n) is 1.72. The molecule has 3 nitrogen and oxygen atoms in total. The highest BCUT2D eigenvalue weighted by molar-refractivity contribution is 6.33. The number of hydrogen-bond donors (Lipinski definition) is 1. The molecule has 1 amide bonds. The predicted molar refractivity (Wildman–Crippen MR) is 45.0 cm³/mol. The summed E-state index contributed by atoms with van der Waals surface area (Å²) in [5, 5.41) is 0.287. The van der Waals surface area contributed by atoms with Gasteiger partial charge in [0.05, 0.1) is 10.6 Å². The molecule has 0 saturated carbocycles. The summed E-state index contributed by atoms with van der Waals surface area (Å²) in [7, 11) is 0. The van der Waals surface area contributed by atoms with Crippen LogP contribution in [-0.4, -0.2) is 10.9 Å². The van der Waals surface area contributed by atoms with Crippen molar-refractivity contribution in [3.63, 3.8) is 0 Å². The first-order chi connectivity index (χ1) is 4.72. The Kier molecular flexibility index (Phi) is 3.85. The molecule has 0 bridgehead atoms. The summed E-state index contributed by atoms with van der Waals surface area (Å²) >= 11 is 5.56. The van der Waals surface area contributed by atoms with Gasteiger partial charge in [-0.25, -0.2) is 0 Å². The van der Waals surface area contributed by atoms with Crippen LogP contribution in [0.25, 0.3) is 0 Å².